The SMILES string of the molecule is Cc1nc(CN(C)C(=O)C2CCCCC2CN)cs1. The number of hydrogen-bond donors (Lipinski definition) is 1. The van der Waals surface area contributed by atoms with E-state index in [0.717, 1.165) is 30.0 Å². The largest absolute Gasteiger partial charge is 0.340 e. The first-order valence-electron chi connectivity index (χ1n) is 6.98. The van der Waals surface area contributed by atoms with Crippen LogP contribution < -0.4 is 5.73 Å². The fourth-order valence-corrected chi connectivity index (χ4v) is 3.50. The van der Waals surface area contributed by atoms with Gasteiger partial charge in [-0.05, 0) is 32.2 Å². The highest BCUT2D eigenvalue weighted by Gasteiger charge is 2.31. The molecule has 0 aliphatic heterocycles. The number of hydrogen-bond acceptors (Lipinski definition) is 4. The minimum atomic E-state index is 0.114. The van der Waals surface area contributed by atoms with Crippen molar-refractivity contribution in [3.8, 4) is 0 Å². The lowest BCUT2D eigenvalue weighted by molar-refractivity contribution is -0.137. The van der Waals surface area contributed by atoms with E-state index in [0.29, 0.717) is 19.0 Å². The van der Waals surface area contributed by atoms with Crippen LogP contribution in [-0.2, 0) is 11.3 Å². The monoisotopic (exact) mass is 281 g/mol. The van der Waals surface area contributed by atoms with Gasteiger partial charge in [0.2, 0.25) is 5.91 Å². The first kappa shape index (κ1) is 14.5. The quantitative estimate of drug-likeness (QED) is 0.920. The van der Waals surface area contributed by atoms with Gasteiger partial charge in [-0.3, -0.25) is 4.79 Å². The van der Waals surface area contributed by atoms with Crippen LogP contribution in [0.25, 0.3) is 0 Å². The lowest BCUT2D eigenvalue weighted by Gasteiger charge is -2.32. The van der Waals surface area contributed by atoms with Gasteiger partial charge >= 0.3 is 0 Å². The zero-order valence-electron chi connectivity index (χ0n) is 11.8. The lowest BCUT2D eigenvalue weighted by atomic mass is 9.78. The summed E-state index contributed by atoms with van der Waals surface area (Å²) in [5.74, 6) is 0.713. The number of rotatable bonds is 4. The van der Waals surface area contributed by atoms with Crippen molar-refractivity contribution in [3.05, 3.63) is 16.1 Å². The predicted molar refractivity (Wildman–Crippen MR) is 77.8 cm³/mol. The van der Waals surface area contributed by atoms with E-state index in [1.165, 1.54) is 6.42 Å². The third kappa shape index (κ3) is 3.54. The first-order valence-corrected chi connectivity index (χ1v) is 7.86. The van der Waals surface area contributed by atoms with Crippen LogP contribution in [0.15, 0.2) is 5.38 Å². The minimum Gasteiger partial charge on any atom is -0.340 e. The number of amides is 1. The Hall–Kier alpha value is -0.940. The molecule has 1 aliphatic rings. The van der Waals surface area contributed by atoms with E-state index in [1.807, 2.05) is 24.3 Å². The van der Waals surface area contributed by atoms with E-state index in [2.05, 4.69) is 4.98 Å². The number of aryl methyl sites for hydroxylation is 1. The summed E-state index contributed by atoms with van der Waals surface area (Å²) in [5, 5.41) is 3.08. The molecular formula is C14H23N3OS. The molecular weight excluding hydrogens is 258 g/mol. The van der Waals surface area contributed by atoms with Crippen molar-refractivity contribution in [3.63, 3.8) is 0 Å². The molecule has 4 nitrogen and oxygen atoms in total. The van der Waals surface area contributed by atoms with Gasteiger partial charge in [-0.2, -0.15) is 0 Å². The number of thiazole rings is 1. The summed E-state index contributed by atoms with van der Waals surface area (Å²) in [6.07, 6.45) is 4.44. The number of nitrogens with zero attached hydrogens (tertiary/aromatic N) is 2. The number of aromatic nitrogens is 1. The van der Waals surface area contributed by atoms with Crippen LogP contribution in [0, 0.1) is 18.8 Å². The van der Waals surface area contributed by atoms with Crippen LogP contribution in [0.1, 0.15) is 36.4 Å². The molecule has 1 saturated carbocycles. The van der Waals surface area contributed by atoms with Crippen LogP contribution in [0.3, 0.4) is 0 Å². The van der Waals surface area contributed by atoms with Crippen molar-refractivity contribution < 1.29 is 4.79 Å². The summed E-state index contributed by atoms with van der Waals surface area (Å²) in [6, 6.07) is 0. The molecule has 2 N–H and O–H groups in total. The Morgan fingerprint density at radius 2 is 2.26 bits per heavy atom. The second-order valence-electron chi connectivity index (χ2n) is 5.44. The highest BCUT2D eigenvalue weighted by Crippen LogP contribution is 2.30. The molecule has 2 rings (SSSR count). The van der Waals surface area contributed by atoms with Crippen molar-refractivity contribution in [2.24, 2.45) is 17.6 Å². The van der Waals surface area contributed by atoms with Crippen LogP contribution in [0.2, 0.25) is 0 Å². The van der Waals surface area contributed by atoms with Crippen molar-refractivity contribution >= 4 is 17.2 Å². The van der Waals surface area contributed by atoms with E-state index in [4.69, 9.17) is 5.73 Å². The summed E-state index contributed by atoms with van der Waals surface area (Å²) in [4.78, 5) is 18.8. The Labute approximate surface area is 119 Å². The van der Waals surface area contributed by atoms with Gasteiger partial charge in [0.15, 0.2) is 0 Å². The summed E-state index contributed by atoms with van der Waals surface area (Å²) in [6.45, 7) is 3.22. The Morgan fingerprint density at radius 1 is 1.53 bits per heavy atom. The fraction of sp³-hybridized carbons (Fsp3) is 0.714. The molecule has 1 aromatic heterocycles. The van der Waals surface area contributed by atoms with Crippen LogP contribution in [0.4, 0.5) is 0 Å². The second-order valence-corrected chi connectivity index (χ2v) is 6.50. The molecule has 2 atom stereocenters. The number of nitrogens with two attached hydrogens (primary N) is 1. The molecule has 2 unspecified atom stereocenters. The highest BCUT2D eigenvalue weighted by atomic mass is 32.1. The van der Waals surface area contributed by atoms with Gasteiger partial charge in [-0.1, -0.05) is 12.8 Å². The van der Waals surface area contributed by atoms with Gasteiger partial charge in [0.05, 0.1) is 17.2 Å². The zero-order valence-corrected chi connectivity index (χ0v) is 12.6. The summed E-state index contributed by atoms with van der Waals surface area (Å²) in [7, 11) is 1.87. The van der Waals surface area contributed by atoms with E-state index < -0.39 is 0 Å². The third-order valence-electron chi connectivity index (χ3n) is 3.97. The molecule has 1 aromatic rings. The van der Waals surface area contributed by atoms with Crippen molar-refractivity contribution in [1.29, 1.82) is 0 Å². The third-order valence-corrected chi connectivity index (χ3v) is 4.79. The predicted octanol–water partition coefficient (Wildman–Crippen LogP) is 2.18. The van der Waals surface area contributed by atoms with Crippen molar-refractivity contribution in [2.45, 2.75) is 39.2 Å². The van der Waals surface area contributed by atoms with Crippen molar-refractivity contribution in [2.75, 3.05) is 13.6 Å². The molecule has 0 saturated heterocycles. The first-order chi connectivity index (χ1) is 9.11. The molecule has 1 heterocycles. The molecule has 0 bridgehead atoms. The standard InChI is InChI=1S/C14H23N3OS/c1-10-16-12(9-19-10)8-17(2)14(18)13-6-4-3-5-11(13)7-15/h9,11,13H,3-8,15H2,1-2H3. The zero-order chi connectivity index (χ0) is 13.8. The highest BCUT2D eigenvalue weighted by molar-refractivity contribution is 7.09. The smallest absolute Gasteiger partial charge is 0.226 e. The van der Waals surface area contributed by atoms with E-state index in [-0.39, 0.29) is 11.8 Å². The Morgan fingerprint density at radius 3 is 2.89 bits per heavy atom. The summed E-state index contributed by atoms with van der Waals surface area (Å²) >= 11 is 1.63. The van der Waals surface area contributed by atoms with E-state index >= 15 is 0 Å². The maximum Gasteiger partial charge on any atom is 0.226 e. The van der Waals surface area contributed by atoms with Crippen LogP contribution >= 0.6 is 11.3 Å². The molecule has 19 heavy (non-hydrogen) atoms. The summed E-state index contributed by atoms with van der Waals surface area (Å²) in [5.41, 5.74) is 6.79. The van der Waals surface area contributed by atoms with Gasteiger partial charge in [-0.15, -0.1) is 11.3 Å². The average molecular weight is 281 g/mol. The molecule has 1 amide bonds. The number of carbonyl (C=O) groups excluding carboxylic acids is 1. The number of carbonyl (C=O) groups is 1. The minimum absolute atomic E-state index is 0.114. The van der Waals surface area contributed by atoms with Gasteiger partial charge < -0.3 is 10.6 Å². The van der Waals surface area contributed by atoms with Gasteiger partial charge in [-0.25, -0.2) is 4.98 Å². The molecule has 0 radical (unpaired) electrons. The molecule has 5 heteroatoms. The fourth-order valence-electron chi connectivity index (χ4n) is 2.90. The topological polar surface area (TPSA) is 59.2 Å². The average Bonchev–Trinajstić information content (AvgIpc) is 2.83. The maximum atomic E-state index is 12.5. The Bertz CT molecular complexity index is 432. The molecule has 0 spiro atoms. The maximum absolute atomic E-state index is 12.5. The van der Waals surface area contributed by atoms with Gasteiger partial charge in [0.25, 0.3) is 0 Å². The Kier molecular flexibility index (Phi) is 4.93. The second kappa shape index (κ2) is 6.48. The molecule has 1 aliphatic carbocycles. The van der Waals surface area contributed by atoms with E-state index in [1.54, 1.807) is 11.3 Å². The summed E-state index contributed by atoms with van der Waals surface area (Å²) < 4.78 is 0. The molecule has 0 aromatic carbocycles. The Balaban J connectivity index is 1.97. The van der Waals surface area contributed by atoms with Crippen LogP contribution in [-0.4, -0.2) is 29.4 Å². The van der Waals surface area contributed by atoms with E-state index in [9.17, 15) is 4.79 Å². The molecule has 1 fully saturated rings. The van der Waals surface area contributed by atoms with Gasteiger partial charge in [0, 0.05) is 18.3 Å². The molecule has 106 valence electrons. The lowest BCUT2D eigenvalue weighted by Crippen LogP contribution is -2.40. The normalized spacial score (nSPS) is 23.3. The van der Waals surface area contributed by atoms with Crippen LogP contribution in [0.5, 0.6) is 0 Å². The van der Waals surface area contributed by atoms with Crippen molar-refractivity contribution in [1.82, 2.24) is 9.88 Å². The van der Waals surface area contributed by atoms with Gasteiger partial charge in [0.1, 0.15) is 0 Å².